The summed E-state index contributed by atoms with van der Waals surface area (Å²) >= 11 is 6.55. The van der Waals surface area contributed by atoms with Crippen molar-refractivity contribution in [3.8, 4) is 0 Å². The van der Waals surface area contributed by atoms with Gasteiger partial charge in [0.25, 0.3) is 0 Å². The Bertz CT molecular complexity index is 340. The second-order valence-electron chi connectivity index (χ2n) is 6.14. The van der Waals surface area contributed by atoms with E-state index in [-0.39, 0.29) is 0 Å². The van der Waals surface area contributed by atoms with E-state index >= 15 is 0 Å². The summed E-state index contributed by atoms with van der Waals surface area (Å²) in [6, 6.07) is 4.40. The van der Waals surface area contributed by atoms with Crippen molar-refractivity contribution in [3.63, 3.8) is 0 Å². The van der Waals surface area contributed by atoms with Crippen molar-refractivity contribution in [2.24, 2.45) is 5.41 Å². The van der Waals surface area contributed by atoms with Gasteiger partial charge in [0.2, 0.25) is 0 Å². The van der Waals surface area contributed by atoms with Crippen LogP contribution in [0.5, 0.6) is 0 Å². The fourth-order valence-electron chi connectivity index (χ4n) is 3.25. The molecule has 0 aliphatic heterocycles. The topological polar surface area (TPSA) is 3.24 Å². The summed E-state index contributed by atoms with van der Waals surface area (Å²) in [4.78, 5) is 4.04. The molecular formula is C16H27NS2. The van der Waals surface area contributed by atoms with Crippen LogP contribution in [0.3, 0.4) is 0 Å². The third-order valence-electron chi connectivity index (χ3n) is 4.42. The van der Waals surface area contributed by atoms with Crippen LogP contribution < -0.4 is 0 Å². The number of hydrogen-bond acceptors (Lipinski definition) is 3. The lowest BCUT2D eigenvalue weighted by Gasteiger charge is -2.35. The number of thiol groups is 1. The maximum Gasteiger partial charge on any atom is 0.00579 e. The molecule has 1 heterocycles. The first-order valence-corrected chi connectivity index (χ1v) is 9.07. The van der Waals surface area contributed by atoms with Gasteiger partial charge in [-0.05, 0) is 48.9 Å². The van der Waals surface area contributed by atoms with Crippen molar-refractivity contribution in [2.45, 2.75) is 44.9 Å². The first-order chi connectivity index (χ1) is 9.24. The molecule has 0 spiro atoms. The molecule has 0 bridgehead atoms. The van der Waals surface area contributed by atoms with Crippen LogP contribution in [-0.2, 0) is 6.42 Å². The van der Waals surface area contributed by atoms with E-state index in [1.165, 1.54) is 62.9 Å². The molecule has 1 aromatic heterocycles. The first-order valence-electron chi connectivity index (χ1n) is 7.56. The summed E-state index contributed by atoms with van der Waals surface area (Å²) in [6.07, 6.45) is 9.60. The van der Waals surface area contributed by atoms with Crippen molar-refractivity contribution < 1.29 is 0 Å². The van der Waals surface area contributed by atoms with E-state index in [1.54, 1.807) is 0 Å². The maximum atomic E-state index is 4.68. The quantitative estimate of drug-likeness (QED) is 0.598. The maximum absolute atomic E-state index is 4.68. The second-order valence-corrected chi connectivity index (χ2v) is 7.49. The van der Waals surface area contributed by atoms with Crippen LogP contribution in [0.1, 0.15) is 43.4 Å². The van der Waals surface area contributed by atoms with Crippen molar-refractivity contribution in [1.29, 1.82) is 0 Å². The van der Waals surface area contributed by atoms with Gasteiger partial charge in [0, 0.05) is 18.0 Å². The van der Waals surface area contributed by atoms with Gasteiger partial charge in [-0.15, -0.1) is 11.3 Å². The van der Waals surface area contributed by atoms with Gasteiger partial charge in [-0.25, -0.2) is 0 Å². The molecule has 1 fully saturated rings. The van der Waals surface area contributed by atoms with Crippen LogP contribution in [-0.4, -0.2) is 30.8 Å². The smallest absolute Gasteiger partial charge is 0.00579 e. The molecule has 0 amide bonds. The molecule has 0 aromatic carbocycles. The minimum Gasteiger partial charge on any atom is -0.305 e. The highest BCUT2D eigenvalue weighted by atomic mass is 32.1. The Balaban J connectivity index is 1.82. The van der Waals surface area contributed by atoms with Crippen LogP contribution in [0, 0.1) is 5.41 Å². The molecule has 108 valence electrons. The summed E-state index contributed by atoms with van der Waals surface area (Å²) in [5, 5.41) is 2.18. The summed E-state index contributed by atoms with van der Waals surface area (Å²) in [6.45, 7) is 2.40. The minimum absolute atomic E-state index is 0.476. The molecule has 0 radical (unpaired) electrons. The molecule has 1 nitrogen and oxygen atoms in total. The van der Waals surface area contributed by atoms with Gasteiger partial charge >= 0.3 is 0 Å². The van der Waals surface area contributed by atoms with Crippen LogP contribution in [0.4, 0.5) is 0 Å². The Morgan fingerprint density at radius 1 is 1.26 bits per heavy atom. The van der Waals surface area contributed by atoms with E-state index in [1.807, 2.05) is 11.3 Å². The summed E-state index contributed by atoms with van der Waals surface area (Å²) < 4.78 is 0. The molecule has 3 heteroatoms. The molecule has 19 heavy (non-hydrogen) atoms. The average molecular weight is 298 g/mol. The van der Waals surface area contributed by atoms with E-state index < -0.39 is 0 Å². The number of hydrogen-bond donors (Lipinski definition) is 1. The Hall–Kier alpha value is 0.01000. The van der Waals surface area contributed by atoms with Crippen LogP contribution >= 0.6 is 24.0 Å². The zero-order valence-corrected chi connectivity index (χ0v) is 13.8. The largest absolute Gasteiger partial charge is 0.305 e. The third-order valence-corrected chi connectivity index (χ3v) is 6.03. The van der Waals surface area contributed by atoms with Crippen LogP contribution in [0.15, 0.2) is 17.5 Å². The zero-order valence-electron chi connectivity index (χ0n) is 12.1. The predicted octanol–water partition coefficient (Wildman–Crippen LogP) is 4.49. The predicted molar refractivity (Wildman–Crippen MR) is 89.5 cm³/mol. The van der Waals surface area contributed by atoms with Crippen LogP contribution in [0.2, 0.25) is 0 Å². The van der Waals surface area contributed by atoms with Gasteiger partial charge in [0.1, 0.15) is 0 Å². The molecule has 0 saturated heterocycles. The van der Waals surface area contributed by atoms with E-state index in [0.29, 0.717) is 5.41 Å². The van der Waals surface area contributed by atoms with Crippen LogP contribution in [0.25, 0.3) is 0 Å². The van der Waals surface area contributed by atoms with Crippen molar-refractivity contribution in [1.82, 2.24) is 4.90 Å². The van der Waals surface area contributed by atoms with Crippen molar-refractivity contribution >= 4 is 24.0 Å². The fraction of sp³-hybridized carbons (Fsp3) is 0.750. The van der Waals surface area contributed by atoms with E-state index in [9.17, 15) is 0 Å². The number of likely N-dealkylation sites (N-methyl/N-ethyl adjacent to an activating group) is 1. The lowest BCUT2D eigenvalue weighted by molar-refractivity contribution is 0.176. The van der Waals surface area contributed by atoms with Crippen molar-refractivity contribution in [3.05, 3.63) is 22.4 Å². The third kappa shape index (κ3) is 4.80. The summed E-state index contributed by atoms with van der Waals surface area (Å²) in [5.41, 5.74) is 0.476. The fourth-order valence-corrected chi connectivity index (χ4v) is 4.37. The lowest BCUT2D eigenvalue weighted by atomic mass is 9.81. The van der Waals surface area contributed by atoms with Gasteiger partial charge in [-0.3, -0.25) is 0 Å². The number of thiophene rings is 1. The standard InChI is InChI=1S/C16H27NS2/c1-17(11-8-15-7-6-12-19-15)13-16(14-18)9-4-2-3-5-10-16/h6-7,12,18H,2-5,8-11,13-14H2,1H3. The molecule has 2 rings (SSSR count). The molecule has 1 saturated carbocycles. The number of nitrogens with zero attached hydrogens (tertiary/aromatic N) is 1. The van der Waals surface area contributed by atoms with E-state index in [0.717, 1.165) is 5.75 Å². The highest BCUT2D eigenvalue weighted by Crippen LogP contribution is 2.36. The first kappa shape index (κ1) is 15.4. The van der Waals surface area contributed by atoms with E-state index in [2.05, 4.69) is 42.1 Å². The van der Waals surface area contributed by atoms with Gasteiger partial charge in [-0.2, -0.15) is 12.6 Å². The molecule has 1 aliphatic carbocycles. The summed E-state index contributed by atoms with van der Waals surface area (Å²) in [5.74, 6) is 1.05. The van der Waals surface area contributed by atoms with Gasteiger partial charge in [0.05, 0.1) is 0 Å². The second kappa shape index (κ2) is 7.70. The minimum atomic E-state index is 0.476. The molecule has 0 unspecified atom stereocenters. The number of rotatable bonds is 6. The normalized spacial score (nSPS) is 19.5. The average Bonchev–Trinajstić information content (AvgIpc) is 2.83. The van der Waals surface area contributed by atoms with Crippen molar-refractivity contribution in [2.75, 3.05) is 25.9 Å². The van der Waals surface area contributed by atoms with E-state index in [4.69, 9.17) is 0 Å². The summed E-state index contributed by atoms with van der Waals surface area (Å²) in [7, 11) is 2.28. The van der Waals surface area contributed by atoms with Gasteiger partial charge < -0.3 is 4.90 Å². The highest BCUT2D eigenvalue weighted by Gasteiger charge is 2.30. The molecule has 0 atom stereocenters. The van der Waals surface area contributed by atoms with Gasteiger partial charge in [0.15, 0.2) is 0 Å². The zero-order chi connectivity index (χ0) is 13.6. The Morgan fingerprint density at radius 3 is 2.58 bits per heavy atom. The molecular weight excluding hydrogens is 270 g/mol. The highest BCUT2D eigenvalue weighted by molar-refractivity contribution is 7.80. The van der Waals surface area contributed by atoms with Gasteiger partial charge in [-0.1, -0.05) is 31.7 Å². The lowest BCUT2D eigenvalue weighted by Crippen LogP contribution is -2.37. The molecule has 1 aliphatic rings. The SMILES string of the molecule is CN(CCc1cccs1)CC1(CS)CCCCCC1. The Labute approximate surface area is 127 Å². The monoisotopic (exact) mass is 297 g/mol. The molecule has 0 N–H and O–H groups in total. The molecule has 1 aromatic rings. The Morgan fingerprint density at radius 2 is 2.00 bits per heavy atom. The Kier molecular flexibility index (Phi) is 6.24.